The van der Waals surface area contributed by atoms with Gasteiger partial charge in [0.1, 0.15) is 5.82 Å². The average molecular weight is 386 g/mol. The average Bonchev–Trinajstić information content (AvgIpc) is 3.15. The second-order valence-electron chi connectivity index (χ2n) is 8.27. The molecule has 28 heavy (non-hydrogen) atoms. The van der Waals surface area contributed by atoms with Crippen LogP contribution in [0.5, 0.6) is 0 Å². The molecule has 0 bridgehead atoms. The SMILES string of the molecule is Cn1ncc2c(N3CCOCC3)nc(N3CCC(N4CCCCC4)CC3)nc21. The van der Waals surface area contributed by atoms with Crippen LogP contribution in [-0.2, 0) is 11.8 Å². The zero-order valence-electron chi connectivity index (χ0n) is 16.9. The summed E-state index contributed by atoms with van der Waals surface area (Å²) in [5.41, 5.74) is 0.921. The van der Waals surface area contributed by atoms with Gasteiger partial charge in [-0.1, -0.05) is 6.42 Å². The zero-order chi connectivity index (χ0) is 18.9. The van der Waals surface area contributed by atoms with Gasteiger partial charge in [-0.2, -0.15) is 15.1 Å². The Morgan fingerprint density at radius 3 is 2.39 bits per heavy atom. The van der Waals surface area contributed by atoms with Crippen molar-refractivity contribution in [1.29, 1.82) is 0 Å². The lowest BCUT2D eigenvalue weighted by atomic mass is 10.0. The number of hydrogen-bond donors (Lipinski definition) is 0. The van der Waals surface area contributed by atoms with Crippen LogP contribution in [0.25, 0.3) is 11.0 Å². The first kappa shape index (κ1) is 18.1. The highest BCUT2D eigenvalue weighted by atomic mass is 16.5. The minimum Gasteiger partial charge on any atom is -0.378 e. The molecule has 2 aromatic rings. The zero-order valence-corrected chi connectivity index (χ0v) is 16.9. The van der Waals surface area contributed by atoms with Crippen molar-refractivity contribution < 1.29 is 4.74 Å². The van der Waals surface area contributed by atoms with E-state index >= 15 is 0 Å². The molecule has 0 saturated carbocycles. The fourth-order valence-corrected chi connectivity index (χ4v) is 4.87. The van der Waals surface area contributed by atoms with E-state index in [1.807, 2.05) is 17.9 Å². The molecule has 0 amide bonds. The third-order valence-electron chi connectivity index (χ3n) is 6.53. The fourth-order valence-electron chi connectivity index (χ4n) is 4.87. The van der Waals surface area contributed by atoms with Gasteiger partial charge in [-0.05, 0) is 38.8 Å². The largest absolute Gasteiger partial charge is 0.378 e. The Morgan fingerprint density at radius 1 is 0.893 bits per heavy atom. The molecule has 0 N–H and O–H groups in total. The van der Waals surface area contributed by atoms with Crippen molar-refractivity contribution >= 4 is 22.8 Å². The second-order valence-corrected chi connectivity index (χ2v) is 8.27. The molecule has 0 spiro atoms. The topological polar surface area (TPSA) is 62.6 Å². The summed E-state index contributed by atoms with van der Waals surface area (Å²) in [6.45, 7) is 7.88. The van der Waals surface area contributed by atoms with Gasteiger partial charge in [0.15, 0.2) is 5.65 Å². The molecule has 0 aliphatic carbocycles. The number of nitrogens with zero attached hydrogens (tertiary/aromatic N) is 7. The molecule has 0 aromatic carbocycles. The third kappa shape index (κ3) is 3.43. The monoisotopic (exact) mass is 385 g/mol. The van der Waals surface area contributed by atoms with Crippen LogP contribution < -0.4 is 9.80 Å². The number of ether oxygens (including phenoxy) is 1. The Balaban J connectivity index is 1.37. The summed E-state index contributed by atoms with van der Waals surface area (Å²) in [5, 5.41) is 5.48. The first-order chi connectivity index (χ1) is 13.8. The van der Waals surface area contributed by atoms with Crippen LogP contribution in [0.2, 0.25) is 0 Å². The van der Waals surface area contributed by atoms with Crippen LogP contribution in [-0.4, -0.2) is 83.2 Å². The summed E-state index contributed by atoms with van der Waals surface area (Å²) in [4.78, 5) is 17.3. The molecule has 3 aliphatic rings. The summed E-state index contributed by atoms with van der Waals surface area (Å²) in [5.74, 6) is 1.87. The number of aryl methyl sites for hydroxylation is 1. The van der Waals surface area contributed by atoms with Crippen molar-refractivity contribution in [3.63, 3.8) is 0 Å². The van der Waals surface area contributed by atoms with E-state index in [9.17, 15) is 0 Å². The number of fused-ring (bicyclic) bond motifs is 1. The Hall–Kier alpha value is -1.93. The summed E-state index contributed by atoms with van der Waals surface area (Å²) in [6, 6.07) is 0.732. The van der Waals surface area contributed by atoms with E-state index in [1.165, 1.54) is 45.2 Å². The van der Waals surface area contributed by atoms with Gasteiger partial charge in [-0.15, -0.1) is 0 Å². The van der Waals surface area contributed by atoms with Crippen molar-refractivity contribution in [3.8, 4) is 0 Å². The molecule has 8 heteroatoms. The predicted octanol–water partition coefficient (Wildman–Crippen LogP) is 1.65. The molecular weight excluding hydrogens is 354 g/mol. The van der Waals surface area contributed by atoms with Gasteiger partial charge in [0.25, 0.3) is 0 Å². The van der Waals surface area contributed by atoms with E-state index < -0.39 is 0 Å². The quantitative estimate of drug-likeness (QED) is 0.796. The Morgan fingerprint density at radius 2 is 1.64 bits per heavy atom. The van der Waals surface area contributed by atoms with E-state index in [-0.39, 0.29) is 0 Å². The number of likely N-dealkylation sites (tertiary alicyclic amines) is 1. The van der Waals surface area contributed by atoms with E-state index in [0.29, 0.717) is 0 Å². The van der Waals surface area contributed by atoms with E-state index in [2.05, 4.69) is 19.8 Å². The molecule has 0 unspecified atom stereocenters. The number of anilines is 2. The highest BCUT2D eigenvalue weighted by molar-refractivity contribution is 5.88. The molecule has 3 saturated heterocycles. The minimum absolute atomic E-state index is 0.732. The molecular formula is C20H31N7O. The summed E-state index contributed by atoms with van der Waals surface area (Å²) < 4.78 is 7.40. The van der Waals surface area contributed by atoms with Gasteiger partial charge in [-0.25, -0.2) is 0 Å². The van der Waals surface area contributed by atoms with Gasteiger partial charge in [0.2, 0.25) is 5.95 Å². The van der Waals surface area contributed by atoms with Gasteiger partial charge < -0.3 is 19.4 Å². The Kier molecular flexibility index (Phi) is 5.07. The lowest BCUT2D eigenvalue weighted by Gasteiger charge is -2.40. The number of hydrogen-bond acceptors (Lipinski definition) is 7. The molecule has 2 aromatic heterocycles. The van der Waals surface area contributed by atoms with E-state index in [1.54, 1.807) is 0 Å². The van der Waals surface area contributed by atoms with Crippen molar-refractivity contribution in [1.82, 2.24) is 24.6 Å². The van der Waals surface area contributed by atoms with Crippen molar-refractivity contribution in [2.45, 2.75) is 38.1 Å². The normalized spacial score (nSPS) is 22.9. The smallest absolute Gasteiger partial charge is 0.229 e. The first-order valence-corrected chi connectivity index (χ1v) is 10.8. The molecule has 3 fully saturated rings. The molecule has 0 atom stereocenters. The van der Waals surface area contributed by atoms with Crippen molar-refractivity contribution in [2.75, 3.05) is 62.3 Å². The van der Waals surface area contributed by atoms with Crippen LogP contribution in [0, 0.1) is 0 Å². The number of piperidine rings is 2. The maximum Gasteiger partial charge on any atom is 0.229 e. The maximum atomic E-state index is 5.53. The number of morpholine rings is 1. The Labute approximate surface area is 166 Å². The van der Waals surface area contributed by atoms with E-state index in [4.69, 9.17) is 14.7 Å². The van der Waals surface area contributed by atoms with Crippen LogP contribution in [0.3, 0.4) is 0 Å². The van der Waals surface area contributed by atoms with Crippen LogP contribution in [0.4, 0.5) is 11.8 Å². The van der Waals surface area contributed by atoms with Gasteiger partial charge in [-0.3, -0.25) is 4.68 Å². The van der Waals surface area contributed by atoms with Gasteiger partial charge >= 0.3 is 0 Å². The molecule has 5 heterocycles. The highest BCUT2D eigenvalue weighted by Gasteiger charge is 2.28. The van der Waals surface area contributed by atoms with E-state index in [0.717, 1.165) is 68.2 Å². The number of rotatable bonds is 3. The standard InChI is InChI=1S/C20H31N7O/c1-24-18-17(15-21-24)19(26-11-13-28-14-12-26)23-20(22-18)27-9-5-16(6-10-27)25-7-3-2-4-8-25/h15-16H,2-14H2,1H3. The summed E-state index contributed by atoms with van der Waals surface area (Å²) in [6.07, 6.45) is 8.44. The number of aromatic nitrogens is 4. The molecule has 5 rings (SSSR count). The first-order valence-electron chi connectivity index (χ1n) is 10.8. The lowest BCUT2D eigenvalue weighted by Crippen LogP contribution is -2.47. The fraction of sp³-hybridized carbons (Fsp3) is 0.750. The van der Waals surface area contributed by atoms with Crippen LogP contribution in [0.1, 0.15) is 32.1 Å². The minimum atomic E-state index is 0.732. The van der Waals surface area contributed by atoms with Gasteiger partial charge in [0.05, 0.1) is 24.8 Å². The molecule has 0 radical (unpaired) electrons. The van der Waals surface area contributed by atoms with Crippen molar-refractivity contribution in [3.05, 3.63) is 6.20 Å². The molecule has 152 valence electrons. The highest BCUT2D eigenvalue weighted by Crippen LogP contribution is 2.29. The summed E-state index contributed by atoms with van der Waals surface area (Å²) in [7, 11) is 1.96. The van der Waals surface area contributed by atoms with Crippen molar-refractivity contribution in [2.24, 2.45) is 7.05 Å². The summed E-state index contributed by atoms with van der Waals surface area (Å²) >= 11 is 0. The Bertz CT molecular complexity index is 802. The third-order valence-corrected chi connectivity index (χ3v) is 6.53. The van der Waals surface area contributed by atoms with Gasteiger partial charge in [0, 0.05) is 39.3 Å². The van der Waals surface area contributed by atoms with Crippen LogP contribution >= 0.6 is 0 Å². The lowest BCUT2D eigenvalue weighted by molar-refractivity contribution is 0.122. The maximum absolute atomic E-state index is 5.53. The van der Waals surface area contributed by atoms with Crippen LogP contribution in [0.15, 0.2) is 6.20 Å². The second kappa shape index (κ2) is 7.83. The molecule has 8 nitrogen and oxygen atoms in total. The molecule has 3 aliphatic heterocycles. The predicted molar refractivity (Wildman–Crippen MR) is 110 cm³/mol.